The first-order chi connectivity index (χ1) is 6.65. The van der Waals surface area contributed by atoms with E-state index in [0.717, 1.165) is 0 Å². The Labute approximate surface area is 79.8 Å². The maximum atomic E-state index is 10.5. The SMILES string of the molecule is Nc1ncc(C=CCO)cc1[N+](=O)[O-]. The Morgan fingerprint density at radius 3 is 3.00 bits per heavy atom. The topological polar surface area (TPSA) is 102 Å². The molecule has 0 spiro atoms. The van der Waals surface area contributed by atoms with Gasteiger partial charge in [-0.05, 0) is 5.56 Å². The first kappa shape index (κ1) is 10.1. The van der Waals surface area contributed by atoms with Gasteiger partial charge in [0.2, 0.25) is 5.82 Å². The van der Waals surface area contributed by atoms with Gasteiger partial charge in [-0.2, -0.15) is 0 Å². The normalized spacial score (nSPS) is 10.6. The Balaban J connectivity index is 3.06. The summed E-state index contributed by atoms with van der Waals surface area (Å²) in [6.07, 6.45) is 4.38. The van der Waals surface area contributed by atoms with Crippen molar-refractivity contribution in [3.05, 3.63) is 34.0 Å². The Bertz CT molecular complexity index is 376. The molecule has 0 fully saturated rings. The fraction of sp³-hybridized carbons (Fsp3) is 0.125. The van der Waals surface area contributed by atoms with Gasteiger partial charge in [0.15, 0.2) is 0 Å². The highest BCUT2D eigenvalue weighted by Gasteiger charge is 2.11. The maximum Gasteiger partial charge on any atom is 0.311 e. The summed E-state index contributed by atoms with van der Waals surface area (Å²) in [5.74, 6) is -0.115. The molecule has 0 aliphatic rings. The third-order valence-electron chi connectivity index (χ3n) is 1.53. The number of aliphatic hydroxyl groups excluding tert-OH is 1. The van der Waals surface area contributed by atoms with Gasteiger partial charge >= 0.3 is 5.69 Å². The second kappa shape index (κ2) is 4.33. The van der Waals surface area contributed by atoms with Gasteiger partial charge in [-0.1, -0.05) is 12.2 Å². The number of rotatable bonds is 3. The molecule has 14 heavy (non-hydrogen) atoms. The highest BCUT2D eigenvalue weighted by Crippen LogP contribution is 2.19. The summed E-state index contributed by atoms with van der Waals surface area (Å²) in [6.45, 7) is -0.127. The Morgan fingerprint density at radius 1 is 1.71 bits per heavy atom. The number of anilines is 1. The zero-order valence-electron chi connectivity index (χ0n) is 7.25. The number of nitro groups is 1. The zero-order valence-corrected chi connectivity index (χ0v) is 7.25. The van der Waals surface area contributed by atoms with Gasteiger partial charge in [0.25, 0.3) is 0 Å². The fourth-order valence-electron chi connectivity index (χ4n) is 0.905. The van der Waals surface area contributed by atoms with Gasteiger partial charge in [-0.3, -0.25) is 10.1 Å². The van der Waals surface area contributed by atoms with Crippen LogP contribution in [0.1, 0.15) is 5.56 Å². The van der Waals surface area contributed by atoms with Crippen LogP contribution in [-0.2, 0) is 0 Å². The van der Waals surface area contributed by atoms with E-state index in [1.54, 1.807) is 0 Å². The number of pyridine rings is 1. The van der Waals surface area contributed by atoms with E-state index in [2.05, 4.69) is 4.98 Å². The molecule has 0 saturated carbocycles. The van der Waals surface area contributed by atoms with E-state index in [1.807, 2.05) is 0 Å². The third-order valence-corrected chi connectivity index (χ3v) is 1.53. The first-order valence-corrected chi connectivity index (χ1v) is 3.82. The third kappa shape index (κ3) is 2.27. The molecule has 0 radical (unpaired) electrons. The zero-order chi connectivity index (χ0) is 10.6. The summed E-state index contributed by atoms with van der Waals surface area (Å²) in [4.78, 5) is 13.5. The van der Waals surface area contributed by atoms with Crippen molar-refractivity contribution in [2.75, 3.05) is 12.3 Å². The summed E-state index contributed by atoms with van der Waals surface area (Å²) in [7, 11) is 0. The van der Waals surface area contributed by atoms with Crippen molar-refractivity contribution < 1.29 is 10.0 Å². The molecule has 6 nitrogen and oxygen atoms in total. The predicted octanol–water partition coefficient (Wildman–Crippen LogP) is 0.577. The smallest absolute Gasteiger partial charge is 0.311 e. The highest BCUT2D eigenvalue weighted by molar-refractivity contribution is 5.60. The lowest BCUT2D eigenvalue weighted by molar-refractivity contribution is -0.384. The van der Waals surface area contributed by atoms with Crippen molar-refractivity contribution >= 4 is 17.6 Å². The number of hydrogen-bond acceptors (Lipinski definition) is 5. The van der Waals surface area contributed by atoms with Crippen molar-refractivity contribution in [2.24, 2.45) is 0 Å². The van der Waals surface area contributed by atoms with E-state index in [4.69, 9.17) is 10.8 Å². The molecular weight excluding hydrogens is 186 g/mol. The number of nitrogens with two attached hydrogens (primary N) is 1. The maximum absolute atomic E-state index is 10.5. The van der Waals surface area contributed by atoms with E-state index >= 15 is 0 Å². The standard InChI is InChI=1S/C8H9N3O3/c9-8-7(11(13)14)4-6(5-10-8)2-1-3-12/h1-2,4-5,12H,3H2,(H2,9,10). The summed E-state index contributed by atoms with van der Waals surface area (Å²) in [6, 6.07) is 1.30. The quantitative estimate of drug-likeness (QED) is 0.542. The molecule has 1 aromatic rings. The second-order valence-electron chi connectivity index (χ2n) is 2.52. The number of nitrogens with zero attached hydrogens (tertiary/aromatic N) is 2. The number of nitrogen functional groups attached to an aromatic ring is 1. The van der Waals surface area contributed by atoms with E-state index in [-0.39, 0.29) is 18.1 Å². The molecule has 74 valence electrons. The molecule has 0 aliphatic heterocycles. The van der Waals surface area contributed by atoms with Crippen molar-refractivity contribution in [2.45, 2.75) is 0 Å². The van der Waals surface area contributed by atoms with Crippen LogP contribution in [0.25, 0.3) is 6.08 Å². The van der Waals surface area contributed by atoms with Gasteiger partial charge in [0.05, 0.1) is 11.5 Å². The molecule has 6 heteroatoms. The van der Waals surface area contributed by atoms with Crippen molar-refractivity contribution in [1.29, 1.82) is 0 Å². The molecule has 1 heterocycles. The molecule has 0 amide bonds. The average molecular weight is 195 g/mol. The number of hydrogen-bond donors (Lipinski definition) is 2. The molecule has 1 rings (SSSR count). The summed E-state index contributed by atoms with van der Waals surface area (Å²) >= 11 is 0. The van der Waals surface area contributed by atoms with Crippen LogP contribution in [0.5, 0.6) is 0 Å². The first-order valence-electron chi connectivity index (χ1n) is 3.82. The van der Waals surface area contributed by atoms with Crippen LogP contribution < -0.4 is 5.73 Å². The van der Waals surface area contributed by atoms with E-state index < -0.39 is 4.92 Å². The number of aromatic nitrogens is 1. The van der Waals surface area contributed by atoms with Gasteiger partial charge in [-0.25, -0.2) is 4.98 Å². The van der Waals surface area contributed by atoms with Crippen LogP contribution in [0.2, 0.25) is 0 Å². The highest BCUT2D eigenvalue weighted by atomic mass is 16.6. The van der Waals surface area contributed by atoms with Crippen LogP contribution in [0.4, 0.5) is 11.5 Å². The molecule has 0 aromatic carbocycles. The van der Waals surface area contributed by atoms with Gasteiger partial charge in [0, 0.05) is 12.3 Å². The minimum atomic E-state index is -0.599. The minimum absolute atomic E-state index is 0.115. The van der Waals surface area contributed by atoms with Gasteiger partial charge in [-0.15, -0.1) is 0 Å². The van der Waals surface area contributed by atoms with E-state index in [9.17, 15) is 10.1 Å². The summed E-state index contributed by atoms with van der Waals surface area (Å²) in [5.41, 5.74) is 5.59. The molecular formula is C8H9N3O3. The second-order valence-corrected chi connectivity index (χ2v) is 2.52. The van der Waals surface area contributed by atoms with Crippen molar-refractivity contribution in [3.63, 3.8) is 0 Å². The van der Waals surface area contributed by atoms with Crippen molar-refractivity contribution in [1.82, 2.24) is 4.98 Å². The lowest BCUT2D eigenvalue weighted by Crippen LogP contribution is -1.98. The molecule has 0 unspecified atom stereocenters. The fourth-order valence-corrected chi connectivity index (χ4v) is 0.905. The van der Waals surface area contributed by atoms with Crippen molar-refractivity contribution in [3.8, 4) is 0 Å². The predicted molar refractivity (Wildman–Crippen MR) is 51.4 cm³/mol. The van der Waals surface area contributed by atoms with Crippen LogP contribution in [0.3, 0.4) is 0 Å². The van der Waals surface area contributed by atoms with Crippen LogP contribution >= 0.6 is 0 Å². The van der Waals surface area contributed by atoms with Gasteiger partial charge < -0.3 is 10.8 Å². The monoisotopic (exact) mass is 195 g/mol. The molecule has 0 aliphatic carbocycles. The lowest BCUT2D eigenvalue weighted by atomic mass is 10.2. The Kier molecular flexibility index (Phi) is 3.14. The number of aliphatic hydroxyl groups is 1. The molecule has 1 aromatic heterocycles. The van der Waals surface area contributed by atoms with Gasteiger partial charge in [0.1, 0.15) is 0 Å². The van der Waals surface area contributed by atoms with E-state index in [0.29, 0.717) is 5.56 Å². The van der Waals surface area contributed by atoms with Crippen LogP contribution in [0.15, 0.2) is 18.3 Å². The molecule has 0 bridgehead atoms. The molecule has 0 atom stereocenters. The summed E-state index contributed by atoms with van der Waals surface area (Å²) < 4.78 is 0. The summed E-state index contributed by atoms with van der Waals surface area (Å²) in [5, 5.41) is 19.0. The average Bonchev–Trinajstić information content (AvgIpc) is 2.16. The molecule has 3 N–H and O–H groups in total. The Hall–Kier alpha value is -1.95. The molecule has 0 saturated heterocycles. The van der Waals surface area contributed by atoms with E-state index in [1.165, 1.54) is 24.4 Å². The largest absolute Gasteiger partial charge is 0.392 e. The lowest BCUT2D eigenvalue weighted by Gasteiger charge is -1.97. The van der Waals surface area contributed by atoms with Crippen LogP contribution in [-0.4, -0.2) is 21.6 Å². The Morgan fingerprint density at radius 2 is 2.43 bits per heavy atom. The minimum Gasteiger partial charge on any atom is -0.392 e. The van der Waals surface area contributed by atoms with Crippen LogP contribution in [0, 0.1) is 10.1 Å².